The van der Waals surface area contributed by atoms with Gasteiger partial charge in [0.25, 0.3) is 5.91 Å². The number of hydrogen-bond donors (Lipinski definition) is 2. The van der Waals surface area contributed by atoms with E-state index in [1.54, 1.807) is 12.3 Å². The first-order valence-corrected chi connectivity index (χ1v) is 9.75. The predicted molar refractivity (Wildman–Crippen MR) is 120 cm³/mol. The number of hydrogen-bond acceptors (Lipinski definition) is 5. The summed E-state index contributed by atoms with van der Waals surface area (Å²) in [7, 11) is 0. The number of benzene rings is 2. The topological polar surface area (TPSA) is 79.8 Å². The largest absolute Gasteiger partial charge is 0.338 e. The van der Waals surface area contributed by atoms with Crippen LogP contribution < -0.4 is 10.6 Å². The monoisotopic (exact) mass is 397 g/mol. The van der Waals surface area contributed by atoms with Crippen molar-refractivity contribution in [2.24, 2.45) is 0 Å². The summed E-state index contributed by atoms with van der Waals surface area (Å²) in [5.74, 6) is 0.241. The van der Waals surface area contributed by atoms with Crippen molar-refractivity contribution in [1.29, 1.82) is 0 Å². The highest BCUT2D eigenvalue weighted by atomic mass is 16.1. The number of rotatable bonds is 4. The zero-order chi connectivity index (χ0) is 21.1. The lowest BCUT2D eigenvalue weighted by molar-refractivity contribution is 0.102. The Kier molecular flexibility index (Phi) is 5.14. The molecule has 1 amide bonds. The van der Waals surface area contributed by atoms with E-state index >= 15 is 0 Å². The van der Waals surface area contributed by atoms with Gasteiger partial charge in [-0.2, -0.15) is 0 Å². The van der Waals surface area contributed by atoms with Gasteiger partial charge in [-0.3, -0.25) is 9.78 Å². The Morgan fingerprint density at radius 2 is 1.63 bits per heavy atom. The normalized spacial score (nSPS) is 11.3. The van der Waals surface area contributed by atoms with Crippen LogP contribution in [0.4, 0.5) is 17.2 Å². The minimum absolute atomic E-state index is 0.0936. The molecule has 0 aliphatic heterocycles. The van der Waals surface area contributed by atoms with Crippen molar-refractivity contribution in [3.05, 3.63) is 84.4 Å². The molecule has 0 saturated heterocycles. The molecule has 0 saturated carbocycles. The van der Waals surface area contributed by atoms with Gasteiger partial charge in [-0.15, -0.1) is 0 Å². The lowest BCUT2D eigenvalue weighted by Crippen LogP contribution is -2.19. The lowest BCUT2D eigenvalue weighted by atomic mass is 9.86. The molecule has 0 radical (unpaired) electrons. The smallest absolute Gasteiger partial charge is 0.274 e. The maximum absolute atomic E-state index is 12.9. The molecule has 6 heteroatoms. The van der Waals surface area contributed by atoms with Gasteiger partial charge < -0.3 is 10.6 Å². The first-order chi connectivity index (χ1) is 14.4. The van der Waals surface area contributed by atoms with Gasteiger partial charge in [-0.05, 0) is 29.2 Å². The number of amides is 1. The van der Waals surface area contributed by atoms with E-state index in [9.17, 15) is 4.79 Å². The van der Waals surface area contributed by atoms with Crippen LogP contribution >= 0.6 is 0 Å². The van der Waals surface area contributed by atoms with Crippen LogP contribution in [0, 0.1) is 0 Å². The van der Waals surface area contributed by atoms with Crippen LogP contribution in [-0.4, -0.2) is 20.9 Å². The number of nitrogens with one attached hydrogen (secondary N) is 2. The van der Waals surface area contributed by atoms with E-state index in [-0.39, 0.29) is 17.0 Å². The molecule has 0 unspecified atom stereocenters. The van der Waals surface area contributed by atoms with Crippen LogP contribution in [0.1, 0.15) is 36.8 Å². The van der Waals surface area contributed by atoms with Crippen LogP contribution in [0.5, 0.6) is 0 Å². The number of nitrogens with zero attached hydrogens (tertiary/aromatic N) is 3. The Morgan fingerprint density at radius 3 is 2.47 bits per heavy atom. The quantitative estimate of drug-likeness (QED) is 0.487. The standard InChI is InChI=1S/C24H23N5O/c1-24(2,3)17-10-4-5-11-18(17)29-23(30)20-14-21(27-15-26-20)28-19-12-6-8-16-9-7-13-25-22(16)19/h4-15H,1-3H3,(H,29,30)(H,26,27,28). The molecule has 2 N–H and O–H groups in total. The SMILES string of the molecule is CC(C)(C)c1ccccc1NC(=O)c1cc(Nc2cccc3cccnc23)ncn1. The molecule has 0 aliphatic rings. The zero-order valence-electron chi connectivity index (χ0n) is 17.2. The lowest BCUT2D eigenvalue weighted by Gasteiger charge is -2.22. The Morgan fingerprint density at radius 1 is 0.867 bits per heavy atom. The summed E-state index contributed by atoms with van der Waals surface area (Å²) in [6.07, 6.45) is 3.13. The molecule has 150 valence electrons. The third-order valence-electron chi connectivity index (χ3n) is 4.78. The maximum atomic E-state index is 12.9. The van der Waals surface area contributed by atoms with Gasteiger partial charge in [-0.1, -0.05) is 57.2 Å². The predicted octanol–water partition coefficient (Wildman–Crippen LogP) is 5.32. The summed E-state index contributed by atoms with van der Waals surface area (Å²) in [5.41, 5.74) is 3.68. The minimum Gasteiger partial charge on any atom is -0.338 e. The van der Waals surface area contributed by atoms with Gasteiger partial charge >= 0.3 is 0 Å². The number of para-hydroxylation sites is 2. The summed E-state index contributed by atoms with van der Waals surface area (Å²) in [4.78, 5) is 25.7. The minimum atomic E-state index is -0.284. The molecular weight excluding hydrogens is 374 g/mol. The Bertz CT molecular complexity index is 1210. The van der Waals surface area contributed by atoms with Crippen molar-refractivity contribution in [2.45, 2.75) is 26.2 Å². The average Bonchev–Trinajstić information content (AvgIpc) is 2.74. The van der Waals surface area contributed by atoms with E-state index in [0.29, 0.717) is 5.82 Å². The molecule has 4 rings (SSSR count). The third-order valence-corrected chi connectivity index (χ3v) is 4.78. The molecule has 4 aromatic rings. The van der Waals surface area contributed by atoms with Gasteiger partial charge in [0.15, 0.2) is 0 Å². The number of anilines is 3. The molecule has 0 aliphatic carbocycles. The second kappa shape index (κ2) is 7.91. The summed E-state index contributed by atoms with van der Waals surface area (Å²) >= 11 is 0. The van der Waals surface area contributed by atoms with E-state index in [0.717, 1.165) is 27.8 Å². The van der Waals surface area contributed by atoms with Crippen LogP contribution in [0.3, 0.4) is 0 Å². The van der Waals surface area contributed by atoms with Crippen LogP contribution in [0.25, 0.3) is 10.9 Å². The molecule has 0 atom stereocenters. The van der Waals surface area contributed by atoms with Crippen LogP contribution in [0.15, 0.2) is 73.2 Å². The highest BCUT2D eigenvalue weighted by Gasteiger charge is 2.19. The molecule has 0 spiro atoms. The van der Waals surface area contributed by atoms with Gasteiger partial charge in [0.1, 0.15) is 17.8 Å². The van der Waals surface area contributed by atoms with E-state index in [4.69, 9.17) is 0 Å². The molecule has 0 bridgehead atoms. The molecule has 6 nitrogen and oxygen atoms in total. The number of carbonyl (C=O) groups is 1. The van der Waals surface area contributed by atoms with Crippen LogP contribution in [-0.2, 0) is 5.41 Å². The van der Waals surface area contributed by atoms with E-state index in [1.165, 1.54) is 6.33 Å². The zero-order valence-corrected chi connectivity index (χ0v) is 17.2. The summed E-state index contributed by atoms with van der Waals surface area (Å²) in [6.45, 7) is 6.34. The number of fused-ring (bicyclic) bond motifs is 1. The van der Waals surface area contributed by atoms with Crippen molar-refractivity contribution in [1.82, 2.24) is 15.0 Å². The highest BCUT2D eigenvalue weighted by molar-refractivity contribution is 6.04. The van der Waals surface area contributed by atoms with E-state index in [2.05, 4.69) is 46.4 Å². The van der Waals surface area contributed by atoms with Gasteiger partial charge in [-0.25, -0.2) is 9.97 Å². The van der Waals surface area contributed by atoms with Gasteiger partial charge in [0, 0.05) is 23.3 Å². The fraction of sp³-hybridized carbons (Fsp3) is 0.167. The highest BCUT2D eigenvalue weighted by Crippen LogP contribution is 2.29. The van der Waals surface area contributed by atoms with Crippen molar-refractivity contribution in [3.63, 3.8) is 0 Å². The van der Waals surface area contributed by atoms with E-state index < -0.39 is 0 Å². The maximum Gasteiger partial charge on any atom is 0.274 e. The molecule has 30 heavy (non-hydrogen) atoms. The first-order valence-electron chi connectivity index (χ1n) is 9.75. The van der Waals surface area contributed by atoms with Gasteiger partial charge in [0.2, 0.25) is 0 Å². The molecule has 0 fully saturated rings. The first kappa shape index (κ1) is 19.5. The number of pyridine rings is 1. The molecule has 2 aromatic heterocycles. The Hall–Kier alpha value is -3.80. The number of carbonyl (C=O) groups excluding carboxylic acids is 1. The summed E-state index contributed by atoms with van der Waals surface area (Å²) < 4.78 is 0. The number of aromatic nitrogens is 3. The third kappa shape index (κ3) is 4.12. The summed E-state index contributed by atoms with van der Waals surface area (Å²) in [5, 5.41) is 7.25. The van der Waals surface area contributed by atoms with E-state index in [1.807, 2.05) is 54.6 Å². The Balaban J connectivity index is 1.59. The Labute approximate surface area is 175 Å². The average molecular weight is 397 g/mol. The van der Waals surface area contributed by atoms with Crippen molar-refractivity contribution >= 4 is 34.0 Å². The molecule has 2 aromatic carbocycles. The molecule has 2 heterocycles. The second-order valence-electron chi connectivity index (χ2n) is 8.04. The molecular formula is C24H23N5O. The fourth-order valence-corrected chi connectivity index (χ4v) is 3.33. The van der Waals surface area contributed by atoms with Crippen molar-refractivity contribution in [3.8, 4) is 0 Å². The van der Waals surface area contributed by atoms with Crippen molar-refractivity contribution < 1.29 is 4.79 Å². The summed E-state index contributed by atoms with van der Waals surface area (Å²) in [6, 6.07) is 19.2. The second-order valence-corrected chi connectivity index (χ2v) is 8.04. The van der Waals surface area contributed by atoms with Crippen molar-refractivity contribution in [2.75, 3.05) is 10.6 Å². The van der Waals surface area contributed by atoms with Gasteiger partial charge in [0.05, 0.1) is 11.2 Å². The van der Waals surface area contributed by atoms with Crippen LogP contribution in [0.2, 0.25) is 0 Å². The fourth-order valence-electron chi connectivity index (χ4n) is 3.33.